The molecule has 1 unspecified atom stereocenters. The molecular formula is C15H25NO3S. The van der Waals surface area contributed by atoms with Crippen molar-refractivity contribution in [2.45, 2.75) is 33.2 Å². The summed E-state index contributed by atoms with van der Waals surface area (Å²) >= 11 is 0. The van der Waals surface area contributed by atoms with E-state index in [1.165, 1.54) is 0 Å². The molecule has 114 valence electrons. The summed E-state index contributed by atoms with van der Waals surface area (Å²) in [5, 5.41) is 3.23. The maximum Gasteiger partial charge on any atom is 0.151 e. The number of hydrogen-bond donors (Lipinski definition) is 1. The van der Waals surface area contributed by atoms with Crippen LogP contribution in [0.3, 0.4) is 0 Å². The number of hydrogen-bond acceptors (Lipinski definition) is 4. The fraction of sp³-hybridized carbons (Fsp3) is 0.600. The molecule has 0 aliphatic carbocycles. The van der Waals surface area contributed by atoms with Crippen molar-refractivity contribution < 1.29 is 13.2 Å². The van der Waals surface area contributed by atoms with E-state index in [9.17, 15) is 8.42 Å². The Balaban J connectivity index is 2.45. The van der Waals surface area contributed by atoms with Crippen molar-refractivity contribution in [1.29, 1.82) is 0 Å². The Morgan fingerprint density at radius 1 is 1.20 bits per heavy atom. The van der Waals surface area contributed by atoms with Crippen LogP contribution in [0.5, 0.6) is 5.75 Å². The van der Waals surface area contributed by atoms with E-state index in [0.29, 0.717) is 6.54 Å². The van der Waals surface area contributed by atoms with Crippen molar-refractivity contribution in [2.24, 2.45) is 0 Å². The average molecular weight is 299 g/mol. The van der Waals surface area contributed by atoms with E-state index in [4.69, 9.17) is 4.74 Å². The normalized spacial score (nSPS) is 13.2. The molecule has 0 saturated carbocycles. The van der Waals surface area contributed by atoms with E-state index in [-0.39, 0.29) is 17.5 Å². The molecule has 1 N–H and O–H groups in total. The number of rotatable bonds is 9. The van der Waals surface area contributed by atoms with Crippen LogP contribution in [-0.2, 0) is 9.84 Å². The summed E-state index contributed by atoms with van der Waals surface area (Å²) in [6, 6.07) is 8.05. The summed E-state index contributed by atoms with van der Waals surface area (Å²) in [5.74, 6) is 1.26. The van der Waals surface area contributed by atoms with E-state index in [1.807, 2.05) is 31.2 Å². The largest absolute Gasteiger partial charge is 0.494 e. The summed E-state index contributed by atoms with van der Waals surface area (Å²) < 4.78 is 28.3. The molecule has 0 heterocycles. The minimum absolute atomic E-state index is 0.127. The third kappa shape index (κ3) is 5.92. The smallest absolute Gasteiger partial charge is 0.151 e. The fourth-order valence-electron chi connectivity index (χ4n) is 1.77. The highest BCUT2D eigenvalue weighted by atomic mass is 32.2. The molecule has 0 amide bonds. The first kappa shape index (κ1) is 17.0. The first-order valence-electron chi connectivity index (χ1n) is 7.15. The topological polar surface area (TPSA) is 55.4 Å². The minimum atomic E-state index is -2.90. The van der Waals surface area contributed by atoms with Crippen LogP contribution in [0.15, 0.2) is 24.3 Å². The van der Waals surface area contributed by atoms with Crippen molar-refractivity contribution in [3.63, 3.8) is 0 Å². The summed E-state index contributed by atoms with van der Waals surface area (Å²) in [5.41, 5.74) is 1.13. The molecule has 0 bridgehead atoms. The molecule has 5 heteroatoms. The van der Waals surface area contributed by atoms with Gasteiger partial charge in [-0.2, -0.15) is 0 Å². The maximum absolute atomic E-state index is 11.4. The van der Waals surface area contributed by atoms with E-state index < -0.39 is 9.84 Å². The Kier molecular flexibility index (Phi) is 7.02. The second-order valence-corrected chi connectivity index (χ2v) is 7.30. The molecule has 0 radical (unpaired) electrons. The van der Waals surface area contributed by atoms with E-state index in [2.05, 4.69) is 12.2 Å². The van der Waals surface area contributed by atoms with Gasteiger partial charge >= 0.3 is 0 Å². The lowest BCUT2D eigenvalue weighted by Gasteiger charge is -2.15. The van der Waals surface area contributed by atoms with Crippen LogP contribution < -0.4 is 10.1 Å². The SMILES string of the molecule is CCCOc1ccc(C(C)NCCS(=O)(=O)CC)cc1. The maximum atomic E-state index is 11.4. The fourth-order valence-corrected chi connectivity index (χ4v) is 2.48. The van der Waals surface area contributed by atoms with Gasteiger partial charge in [-0.05, 0) is 31.0 Å². The molecule has 0 fully saturated rings. The molecule has 0 spiro atoms. The highest BCUT2D eigenvalue weighted by Crippen LogP contribution is 2.17. The standard InChI is InChI=1S/C15H25NO3S/c1-4-11-19-15-8-6-14(7-9-15)13(3)16-10-12-20(17,18)5-2/h6-9,13,16H,4-5,10-12H2,1-3H3. The lowest BCUT2D eigenvalue weighted by molar-refractivity contribution is 0.317. The Morgan fingerprint density at radius 2 is 1.85 bits per heavy atom. The van der Waals surface area contributed by atoms with Gasteiger partial charge < -0.3 is 10.1 Å². The third-order valence-corrected chi connectivity index (χ3v) is 4.86. The van der Waals surface area contributed by atoms with Gasteiger partial charge in [0.25, 0.3) is 0 Å². The van der Waals surface area contributed by atoms with Crippen LogP contribution >= 0.6 is 0 Å². The third-order valence-electron chi connectivity index (χ3n) is 3.16. The van der Waals surface area contributed by atoms with Gasteiger partial charge in [-0.15, -0.1) is 0 Å². The zero-order chi connectivity index (χ0) is 15.0. The molecule has 1 rings (SSSR count). The number of ether oxygens (including phenoxy) is 1. The average Bonchev–Trinajstić information content (AvgIpc) is 2.45. The number of sulfone groups is 1. The van der Waals surface area contributed by atoms with Crippen molar-refractivity contribution in [1.82, 2.24) is 5.32 Å². The number of benzene rings is 1. The van der Waals surface area contributed by atoms with Gasteiger partial charge in [-0.25, -0.2) is 8.42 Å². The van der Waals surface area contributed by atoms with Crippen molar-refractivity contribution in [3.05, 3.63) is 29.8 Å². The van der Waals surface area contributed by atoms with Gasteiger partial charge in [0.05, 0.1) is 12.4 Å². The first-order valence-corrected chi connectivity index (χ1v) is 8.97. The van der Waals surface area contributed by atoms with Crippen LogP contribution in [0.1, 0.15) is 38.8 Å². The van der Waals surface area contributed by atoms with Gasteiger partial charge in [0.2, 0.25) is 0 Å². The number of nitrogens with one attached hydrogen (secondary N) is 1. The van der Waals surface area contributed by atoms with Crippen molar-refractivity contribution in [2.75, 3.05) is 24.7 Å². The highest BCUT2D eigenvalue weighted by Gasteiger charge is 2.09. The first-order chi connectivity index (χ1) is 9.48. The molecule has 1 atom stereocenters. The predicted molar refractivity (Wildman–Crippen MR) is 83.0 cm³/mol. The molecule has 4 nitrogen and oxygen atoms in total. The van der Waals surface area contributed by atoms with E-state index in [0.717, 1.165) is 24.3 Å². The summed E-state index contributed by atoms with van der Waals surface area (Å²) in [7, 11) is -2.90. The van der Waals surface area contributed by atoms with Gasteiger partial charge in [-0.1, -0.05) is 26.0 Å². The van der Waals surface area contributed by atoms with Crippen LogP contribution in [0, 0.1) is 0 Å². The molecule has 1 aromatic rings. The van der Waals surface area contributed by atoms with Crippen LogP contribution in [0.2, 0.25) is 0 Å². The molecular weight excluding hydrogens is 274 g/mol. The molecule has 0 saturated heterocycles. The van der Waals surface area contributed by atoms with Gasteiger partial charge in [0.15, 0.2) is 9.84 Å². The van der Waals surface area contributed by atoms with Crippen LogP contribution in [0.25, 0.3) is 0 Å². The minimum Gasteiger partial charge on any atom is -0.494 e. The second kappa shape index (κ2) is 8.27. The summed E-state index contributed by atoms with van der Waals surface area (Å²) in [6.07, 6.45) is 0.992. The molecule has 0 aliphatic rings. The van der Waals surface area contributed by atoms with Crippen LogP contribution in [0.4, 0.5) is 0 Å². The summed E-state index contributed by atoms with van der Waals surface area (Å²) in [6.45, 7) is 6.98. The molecule has 0 aromatic heterocycles. The Bertz CT molecular complexity index is 482. The Labute approximate surface area is 122 Å². The quantitative estimate of drug-likeness (QED) is 0.761. The zero-order valence-corrected chi connectivity index (χ0v) is 13.4. The Morgan fingerprint density at radius 3 is 2.40 bits per heavy atom. The predicted octanol–water partition coefficient (Wildman–Crippen LogP) is 2.56. The van der Waals surface area contributed by atoms with Gasteiger partial charge in [0.1, 0.15) is 5.75 Å². The molecule has 0 aliphatic heterocycles. The van der Waals surface area contributed by atoms with Gasteiger partial charge in [-0.3, -0.25) is 0 Å². The van der Waals surface area contributed by atoms with Gasteiger partial charge in [0, 0.05) is 18.3 Å². The van der Waals surface area contributed by atoms with Crippen molar-refractivity contribution in [3.8, 4) is 5.75 Å². The Hall–Kier alpha value is -1.07. The second-order valence-electron chi connectivity index (χ2n) is 4.83. The van der Waals surface area contributed by atoms with E-state index >= 15 is 0 Å². The lowest BCUT2D eigenvalue weighted by Crippen LogP contribution is -2.26. The molecule has 20 heavy (non-hydrogen) atoms. The zero-order valence-electron chi connectivity index (χ0n) is 12.6. The van der Waals surface area contributed by atoms with Crippen LogP contribution in [-0.4, -0.2) is 33.1 Å². The monoisotopic (exact) mass is 299 g/mol. The van der Waals surface area contributed by atoms with Crippen molar-refractivity contribution >= 4 is 9.84 Å². The summed E-state index contributed by atoms with van der Waals surface area (Å²) in [4.78, 5) is 0. The van der Waals surface area contributed by atoms with E-state index in [1.54, 1.807) is 6.92 Å². The lowest BCUT2D eigenvalue weighted by atomic mass is 10.1. The molecule has 1 aromatic carbocycles. The highest BCUT2D eigenvalue weighted by molar-refractivity contribution is 7.91.